The largest absolute Gasteiger partial charge is 0.423 e. The summed E-state index contributed by atoms with van der Waals surface area (Å²) in [6.07, 6.45) is 1.53. The minimum atomic E-state index is -0.576. The van der Waals surface area contributed by atoms with Gasteiger partial charge in [-0.05, 0) is 67.9 Å². The van der Waals surface area contributed by atoms with Crippen LogP contribution in [-0.4, -0.2) is 22.2 Å². The van der Waals surface area contributed by atoms with Crippen molar-refractivity contribution in [2.24, 2.45) is 5.10 Å². The van der Waals surface area contributed by atoms with Gasteiger partial charge in [-0.15, -0.1) is 0 Å². The Morgan fingerprint density at radius 1 is 1.14 bits per heavy atom. The Morgan fingerprint density at radius 3 is 2.46 bits per heavy atom. The van der Waals surface area contributed by atoms with Crippen molar-refractivity contribution < 1.29 is 13.9 Å². The smallest absolute Gasteiger partial charge is 0.343 e. The highest BCUT2D eigenvalue weighted by Gasteiger charge is 2.08. The molecule has 7 nitrogen and oxygen atoms in total. The summed E-state index contributed by atoms with van der Waals surface area (Å²) in [4.78, 5) is 30.5. The molecule has 0 aliphatic heterocycles. The molecule has 0 saturated carbocycles. The number of carbonyl (C=O) groups excluding carboxylic acids is 1. The fraction of sp³-hybridized carbons (Fsp3) is 0.100. The Morgan fingerprint density at radius 2 is 1.82 bits per heavy atom. The summed E-state index contributed by atoms with van der Waals surface area (Å²) in [5.41, 5.74) is 4.60. The fourth-order valence-corrected chi connectivity index (χ4v) is 2.24. The lowest BCUT2D eigenvalue weighted by molar-refractivity contribution is 0.0734. The van der Waals surface area contributed by atoms with Crippen LogP contribution in [0.25, 0.3) is 0 Å². The quantitative estimate of drug-likeness (QED) is 0.307. The predicted molar refractivity (Wildman–Crippen MR) is 103 cm³/mol. The van der Waals surface area contributed by atoms with E-state index < -0.39 is 11.8 Å². The van der Waals surface area contributed by atoms with Crippen molar-refractivity contribution >= 4 is 18.1 Å². The maximum atomic E-state index is 12.9. The molecule has 0 amide bonds. The van der Waals surface area contributed by atoms with Crippen LogP contribution in [0.1, 0.15) is 27.2 Å². The zero-order valence-corrected chi connectivity index (χ0v) is 15.2. The molecule has 0 atom stereocenters. The Bertz CT molecular complexity index is 1070. The molecule has 1 heterocycles. The molecule has 0 fully saturated rings. The van der Waals surface area contributed by atoms with Gasteiger partial charge in [0.15, 0.2) is 0 Å². The molecule has 0 unspecified atom stereocenters. The normalized spacial score (nSPS) is 10.8. The number of halogens is 1. The summed E-state index contributed by atoms with van der Waals surface area (Å²) in [5, 5.41) is 4.02. The Labute approximate surface area is 159 Å². The van der Waals surface area contributed by atoms with Crippen molar-refractivity contribution in [3.63, 3.8) is 0 Å². The maximum absolute atomic E-state index is 12.9. The number of anilines is 1. The average Bonchev–Trinajstić information content (AvgIpc) is 2.68. The lowest BCUT2D eigenvalue weighted by Crippen LogP contribution is -2.15. The number of benzene rings is 2. The van der Waals surface area contributed by atoms with E-state index in [9.17, 15) is 14.0 Å². The standard InChI is InChI=1S/C20H17FN4O3/c1-12-13(2)23-20(24-18(12)26)25-22-11-14-3-9-17(10-4-14)28-19(27)15-5-7-16(21)8-6-15/h3-11H,1-2H3,(H2,23,24,25,26)/b22-11-. The van der Waals surface area contributed by atoms with E-state index in [2.05, 4.69) is 20.5 Å². The molecule has 0 radical (unpaired) electrons. The number of aromatic amines is 1. The van der Waals surface area contributed by atoms with Crippen LogP contribution < -0.4 is 15.7 Å². The highest BCUT2D eigenvalue weighted by atomic mass is 19.1. The molecular weight excluding hydrogens is 363 g/mol. The first-order valence-electron chi connectivity index (χ1n) is 8.37. The van der Waals surface area contributed by atoms with Gasteiger partial charge in [0.05, 0.1) is 11.8 Å². The van der Waals surface area contributed by atoms with Crippen LogP contribution in [0, 0.1) is 19.7 Å². The van der Waals surface area contributed by atoms with Gasteiger partial charge in [0.25, 0.3) is 5.56 Å². The predicted octanol–water partition coefficient (Wildman–Crippen LogP) is 3.19. The molecule has 3 rings (SSSR count). The number of hydrogen-bond acceptors (Lipinski definition) is 6. The zero-order chi connectivity index (χ0) is 20.1. The van der Waals surface area contributed by atoms with Crippen LogP contribution >= 0.6 is 0 Å². The lowest BCUT2D eigenvalue weighted by atomic mass is 10.2. The van der Waals surface area contributed by atoms with Crippen molar-refractivity contribution in [1.29, 1.82) is 0 Å². The molecule has 0 aliphatic rings. The summed E-state index contributed by atoms with van der Waals surface area (Å²) in [5.74, 6) is -0.407. The van der Waals surface area contributed by atoms with Crippen molar-refractivity contribution in [2.75, 3.05) is 5.43 Å². The minimum absolute atomic E-state index is 0.225. The second-order valence-corrected chi connectivity index (χ2v) is 5.96. The third kappa shape index (κ3) is 4.67. The van der Waals surface area contributed by atoms with E-state index in [0.29, 0.717) is 17.0 Å². The van der Waals surface area contributed by atoms with Crippen molar-refractivity contribution in [3.8, 4) is 5.75 Å². The summed E-state index contributed by atoms with van der Waals surface area (Å²) >= 11 is 0. The molecule has 0 spiro atoms. The molecule has 0 bridgehead atoms. The third-order valence-corrected chi connectivity index (χ3v) is 3.95. The molecule has 2 aromatic carbocycles. The summed E-state index contributed by atoms with van der Waals surface area (Å²) < 4.78 is 18.1. The SMILES string of the molecule is Cc1nc(N/N=C\c2ccc(OC(=O)c3ccc(F)cc3)cc2)[nH]c(=O)c1C. The molecule has 142 valence electrons. The molecule has 2 N–H and O–H groups in total. The maximum Gasteiger partial charge on any atom is 0.343 e. The second kappa shape index (κ2) is 8.26. The number of hydrazone groups is 1. The number of ether oxygens (including phenoxy) is 1. The van der Waals surface area contributed by atoms with Gasteiger partial charge in [0.2, 0.25) is 5.95 Å². The highest BCUT2D eigenvalue weighted by molar-refractivity contribution is 5.91. The van der Waals surface area contributed by atoms with E-state index in [1.54, 1.807) is 38.1 Å². The minimum Gasteiger partial charge on any atom is -0.423 e. The van der Waals surface area contributed by atoms with Crippen molar-refractivity contribution in [2.45, 2.75) is 13.8 Å². The van der Waals surface area contributed by atoms with Crippen molar-refractivity contribution in [3.05, 3.63) is 87.1 Å². The van der Waals surface area contributed by atoms with E-state index in [1.165, 1.54) is 30.5 Å². The first-order valence-corrected chi connectivity index (χ1v) is 8.37. The van der Waals surface area contributed by atoms with Crippen LogP contribution in [0.3, 0.4) is 0 Å². The van der Waals surface area contributed by atoms with Gasteiger partial charge in [-0.1, -0.05) is 0 Å². The van der Waals surface area contributed by atoms with Gasteiger partial charge in [-0.25, -0.2) is 19.6 Å². The summed E-state index contributed by atoms with van der Waals surface area (Å²) in [6, 6.07) is 11.7. The summed E-state index contributed by atoms with van der Waals surface area (Å²) in [6.45, 7) is 3.43. The molecule has 0 saturated heterocycles. The number of hydrogen-bond donors (Lipinski definition) is 2. The highest BCUT2D eigenvalue weighted by Crippen LogP contribution is 2.14. The Kier molecular flexibility index (Phi) is 5.59. The monoisotopic (exact) mass is 380 g/mol. The Balaban J connectivity index is 1.61. The van der Waals surface area contributed by atoms with E-state index >= 15 is 0 Å². The number of H-pyrrole nitrogens is 1. The van der Waals surface area contributed by atoms with Gasteiger partial charge in [-0.2, -0.15) is 5.10 Å². The number of aromatic nitrogens is 2. The number of nitrogens with zero attached hydrogens (tertiary/aromatic N) is 2. The van der Waals surface area contributed by atoms with Gasteiger partial charge in [0, 0.05) is 11.3 Å². The number of nitrogens with one attached hydrogen (secondary N) is 2. The van der Waals surface area contributed by atoms with Gasteiger partial charge in [0.1, 0.15) is 11.6 Å². The third-order valence-electron chi connectivity index (χ3n) is 3.95. The van der Waals surface area contributed by atoms with E-state index in [1.807, 2.05) is 0 Å². The first kappa shape index (κ1) is 19.0. The van der Waals surface area contributed by atoms with Gasteiger partial charge < -0.3 is 4.74 Å². The van der Waals surface area contributed by atoms with Crippen LogP contribution in [0.15, 0.2) is 58.4 Å². The van der Waals surface area contributed by atoms with Crippen LogP contribution in [-0.2, 0) is 0 Å². The molecule has 3 aromatic rings. The molecule has 8 heteroatoms. The van der Waals surface area contributed by atoms with Gasteiger partial charge in [-0.3, -0.25) is 9.78 Å². The van der Waals surface area contributed by atoms with E-state index in [-0.39, 0.29) is 17.1 Å². The van der Waals surface area contributed by atoms with E-state index in [4.69, 9.17) is 4.74 Å². The molecule has 28 heavy (non-hydrogen) atoms. The van der Waals surface area contributed by atoms with Crippen molar-refractivity contribution in [1.82, 2.24) is 9.97 Å². The van der Waals surface area contributed by atoms with Gasteiger partial charge >= 0.3 is 5.97 Å². The van der Waals surface area contributed by atoms with E-state index in [0.717, 1.165) is 5.56 Å². The number of esters is 1. The van der Waals surface area contributed by atoms with Crippen LogP contribution in [0.2, 0.25) is 0 Å². The number of aryl methyl sites for hydroxylation is 1. The molecule has 0 aliphatic carbocycles. The Hall–Kier alpha value is -3.81. The molecular formula is C20H17FN4O3. The van der Waals surface area contributed by atoms with Crippen LogP contribution in [0.4, 0.5) is 10.3 Å². The topological polar surface area (TPSA) is 96.4 Å². The summed E-state index contributed by atoms with van der Waals surface area (Å²) in [7, 11) is 0. The zero-order valence-electron chi connectivity index (χ0n) is 15.2. The molecule has 1 aromatic heterocycles. The average molecular weight is 380 g/mol. The first-order chi connectivity index (χ1) is 13.4. The second-order valence-electron chi connectivity index (χ2n) is 5.96. The fourth-order valence-electron chi connectivity index (χ4n) is 2.24. The van der Waals surface area contributed by atoms with Crippen LogP contribution in [0.5, 0.6) is 5.75 Å². The lowest BCUT2D eigenvalue weighted by Gasteiger charge is -2.05. The number of rotatable bonds is 5. The number of carbonyl (C=O) groups is 1.